The highest BCUT2D eigenvalue weighted by Gasteiger charge is 2.12. The van der Waals surface area contributed by atoms with Crippen molar-refractivity contribution >= 4 is 17.0 Å². The monoisotopic (exact) mass is 259 g/mol. The van der Waals surface area contributed by atoms with Crippen LogP contribution in [0.1, 0.15) is 24.5 Å². The Morgan fingerprint density at radius 3 is 3.17 bits per heavy atom. The number of thiazole rings is 1. The van der Waals surface area contributed by atoms with E-state index in [0.29, 0.717) is 0 Å². The third-order valence-corrected chi connectivity index (χ3v) is 3.44. The lowest BCUT2D eigenvalue weighted by Crippen LogP contribution is -2.20. The van der Waals surface area contributed by atoms with Crippen molar-refractivity contribution in [3.8, 4) is 0 Å². The first kappa shape index (κ1) is 11.3. The first-order valence-electron chi connectivity index (χ1n) is 5.74. The minimum atomic E-state index is 0.129. The fraction of sp³-hybridized carbons (Fsp3) is 0.250. The van der Waals surface area contributed by atoms with E-state index in [-0.39, 0.29) is 6.04 Å². The van der Waals surface area contributed by atoms with Gasteiger partial charge in [-0.3, -0.25) is 4.40 Å². The van der Waals surface area contributed by atoms with Gasteiger partial charge in [-0.15, -0.1) is 21.5 Å². The molecule has 3 aromatic rings. The second kappa shape index (κ2) is 4.83. The Bertz CT molecular complexity index is 631. The van der Waals surface area contributed by atoms with Crippen LogP contribution in [0.15, 0.2) is 35.3 Å². The van der Waals surface area contributed by atoms with Gasteiger partial charge < -0.3 is 5.32 Å². The largest absolute Gasteiger partial charge is 0.302 e. The smallest absolute Gasteiger partial charge is 0.160 e. The highest BCUT2D eigenvalue weighted by atomic mass is 32.1. The Labute approximate surface area is 109 Å². The van der Waals surface area contributed by atoms with Gasteiger partial charge in [0.05, 0.1) is 17.2 Å². The molecule has 0 saturated heterocycles. The van der Waals surface area contributed by atoms with Crippen molar-refractivity contribution in [2.75, 3.05) is 0 Å². The van der Waals surface area contributed by atoms with Gasteiger partial charge in [0.15, 0.2) is 11.5 Å². The lowest BCUT2D eigenvalue weighted by Gasteiger charge is -2.10. The Morgan fingerprint density at radius 1 is 1.39 bits per heavy atom. The van der Waals surface area contributed by atoms with Gasteiger partial charge in [0.1, 0.15) is 0 Å². The van der Waals surface area contributed by atoms with Crippen LogP contribution in [-0.4, -0.2) is 19.6 Å². The normalized spacial score (nSPS) is 12.9. The molecule has 1 atom stereocenters. The summed E-state index contributed by atoms with van der Waals surface area (Å²) in [6.45, 7) is 2.82. The van der Waals surface area contributed by atoms with Crippen LogP contribution in [-0.2, 0) is 6.54 Å². The van der Waals surface area contributed by atoms with Crippen LogP contribution in [0.25, 0.3) is 5.65 Å². The summed E-state index contributed by atoms with van der Waals surface area (Å²) in [6, 6.07) is 6.02. The molecule has 18 heavy (non-hydrogen) atoms. The summed E-state index contributed by atoms with van der Waals surface area (Å²) in [7, 11) is 0. The second-order valence-electron chi connectivity index (χ2n) is 4.07. The maximum Gasteiger partial charge on any atom is 0.160 e. The van der Waals surface area contributed by atoms with Gasteiger partial charge in [-0.2, -0.15) is 0 Å². The van der Waals surface area contributed by atoms with Gasteiger partial charge in [0.2, 0.25) is 0 Å². The summed E-state index contributed by atoms with van der Waals surface area (Å²) in [5.41, 5.74) is 3.77. The minimum Gasteiger partial charge on any atom is -0.302 e. The van der Waals surface area contributed by atoms with Crippen LogP contribution >= 0.6 is 11.3 Å². The molecule has 0 amide bonds. The summed E-state index contributed by atoms with van der Waals surface area (Å²) in [4.78, 5) is 4.25. The van der Waals surface area contributed by atoms with Crippen LogP contribution in [0, 0.1) is 0 Å². The molecule has 5 nitrogen and oxygen atoms in total. The molecule has 0 spiro atoms. The van der Waals surface area contributed by atoms with Crippen LogP contribution in [0.3, 0.4) is 0 Å². The number of nitrogens with zero attached hydrogens (tertiary/aromatic N) is 4. The molecule has 0 aliphatic rings. The molecule has 0 saturated carbocycles. The topological polar surface area (TPSA) is 55.1 Å². The predicted molar refractivity (Wildman–Crippen MR) is 70.4 cm³/mol. The highest BCUT2D eigenvalue weighted by molar-refractivity contribution is 7.07. The molecular weight excluding hydrogens is 246 g/mol. The summed E-state index contributed by atoms with van der Waals surface area (Å²) < 4.78 is 2.00. The van der Waals surface area contributed by atoms with Gasteiger partial charge in [-0.1, -0.05) is 6.07 Å². The number of pyridine rings is 1. The van der Waals surface area contributed by atoms with Crippen LogP contribution < -0.4 is 5.32 Å². The first-order chi connectivity index (χ1) is 8.84. The first-order valence-corrected chi connectivity index (χ1v) is 6.69. The van der Waals surface area contributed by atoms with Crippen LogP contribution in [0.2, 0.25) is 0 Å². The average molecular weight is 259 g/mol. The van der Waals surface area contributed by atoms with Gasteiger partial charge >= 0.3 is 0 Å². The van der Waals surface area contributed by atoms with E-state index in [1.54, 1.807) is 11.3 Å². The van der Waals surface area contributed by atoms with E-state index < -0.39 is 0 Å². The van der Waals surface area contributed by atoms with E-state index in [1.165, 1.54) is 0 Å². The number of rotatable bonds is 4. The number of hydrogen-bond acceptors (Lipinski definition) is 5. The zero-order valence-electron chi connectivity index (χ0n) is 9.95. The van der Waals surface area contributed by atoms with Crippen molar-refractivity contribution in [3.05, 3.63) is 46.8 Å². The zero-order valence-corrected chi connectivity index (χ0v) is 10.8. The molecule has 0 fully saturated rings. The second-order valence-corrected chi connectivity index (χ2v) is 4.79. The van der Waals surface area contributed by atoms with Crippen molar-refractivity contribution in [1.82, 2.24) is 24.9 Å². The molecule has 0 aliphatic carbocycles. The molecule has 0 aliphatic heterocycles. The number of nitrogens with one attached hydrogen (secondary N) is 1. The molecule has 1 N–H and O–H groups in total. The standard InChI is InChI=1S/C12H13N5S/c1-9(13-6-10-7-18-8-14-10)12-16-15-11-4-2-3-5-17(11)12/h2-5,7-9,13H,6H2,1H3. The predicted octanol–water partition coefficient (Wildman–Crippen LogP) is 2.04. The Morgan fingerprint density at radius 2 is 2.33 bits per heavy atom. The van der Waals surface area contributed by atoms with E-state index in [9.17, 15) is 0 Å². The fourth-order valence-electron chi connectivity index (χ4n) is 1.83. The van der Waals surface area contributed by atoms with Gasteiger partial charge in [0.25, 0.3) is 0 Å². The highest BCUT2D eigenvalue weighted by Crippen LogP contribution is 2.12. The molecule has 6 heteroatoms. The van der Waals surface area contributed by atoms with Crippen LogP contribution in [0.4, 0.5) is 0 Å². The lowest BCUT2D eigenvalue weighted by molar-refractivity contribution is 0.537. The van der Waals surface area contributed by atoms with Crippen LogP contribution in [0.5, 0.6) is 0 Å². The summed E-state index contributed by atoms with van der Waals surface area (Å²) in [5, 5.41) is 13.8. The molecule has 0 aromatic carbocycles. The van der Waals surface area contributed by atoms with Crippen molar-refractivity contribution in [2.24, 2.45) is 0 Å². The van der Waals surface area contributed by atoms with E-state index in [0.717, 1.165) is 23.7 Å². The Kier molecular flexibility index (Phi) is 3.04. The Balaban J connectivity index is 1.77. The van der Waals surface area contributed by atoms with Gasteiger partial charge in [0, 0.05) is 18.1 Å². The van der Waals surface area contributed by atoms with E-state index in [4.69, 9.17) is 0 Å². The summed E-state index contributed by atoms with van der Waals surface area (Å²) >= 11 is 1.61. The number of fused-ring (bicyclic) bond motifs is 1. The molecule has 92 valence electrons. The number of aromatic nitrogens is 4. The molecular formula is C12H13N5S. The van der Waals surface area contributed by atoms with E-state index >= 15 is 0 Å². The summed E-state index contributed by atoms with van der Waals surface area (Å²) in [6.07, 6.45) is 1.98. The van der Waals surface area contributed by atoms with Crippen molar-refractivity contribution in [1.29, 1.82) is 0 Å². The Hall–Kier alpha value is -1.79. The zero-order chi connectivity index (χ0) is 12.4. The summed E-state index contributed by atoms with van der Waals surface area (Å²) in [5.74, 6) is 0.917. The van der Waals surface area contributed by atoms with E-state index in [2.05, 4.69) is 27.4 Å². The average Bonchev–Trinajstić information content (AvgIpc) is 3.05. The quantitative estimate of drug-likeness (QED) is 0.779. The fourth-order valence-corrected chi connectivity index (χ4v) is 2.39. The molecule has 3 heterocycles. The molecule has 0 bridgehead atoms. The third-order valence-electron chi connectivity index (χ3n) is 2.80. The lowest BCUT2D eigenvalue weighted by atomic mass is 10.3. The third kappa shape index (κ3) is 2.12. The van der Waals surface area contributed by atoms with Crippen molar-refractivity contribution in [3.63, 3.8) is 0 Å². The SMILES string of the molecule is CC(NCc1cscn1)c1nnc2ccccn12. The maximum atomic E-state index is 4.25. The molecule has 3 aromatic heterocycles. The molecule has 3 rings (SSSR count). The molecule has 0 radical (unpaired) electrons. The van der Waals surface area contributed by atoms with Gasteiger partial charge in [-0.25, -0.2) is 4.98 Å². The van der Waals surface area contributed by atoms with Gasteiger partial charge in [-0.05, 0) is 19.1 Å². The van der Waals surface area contributed by atoms with Crippen molar-refractivity contribution < 1.29 is 0 Å². The number of hydrogen-bond donors (Lipinski definition) is 1. The van der Waals surface area contributed by atoms with E-state index in [1.807, 2.05) is 39.7 Å². The van der Waals surface area contributed by atoms with Crippen molar-refractivity contribution in [2.45, 2.75) is 19.5 Å². The maximum absolute atomic E-state index is 4.25. The molecule has 1 unspecified atom stereocenters. The minimum absolute atomic E-state index is 0.129.